The Hall–Kier alpha value is -2.28. The van der Waals surface area contributed by atoms with Gasteiger partial charge in [-0.1, -0.05) is 0 Å². The van der Waals surface area contributed by atoms with E-state index in [0.717, 1.165) is 11.1 Å². The molecule has 0 saturated heterocycles. The van der Waals surface area contributed by atoms with E-state index in [4.69, 9.17) is 15.2 Å². The summed E-state index contributed by atoms with van der Waals surface area (Å²) in [6.07, 6.45) is 0. The second kappa shape index (κ2) is 8.23. The van der Waals surface area contributed by atoms with Crippen LogP contribution in [-0.4, -0.2) is 51.1 Å². The van der Waals surface area contributed by atoms with Crippen LogP contribution in [0.15, 0.2) is 12.1 Å². The van der Waals surface area contributed by atoms with Crippen molar-refractivity contribution >= 4 is 11.8 Å². The number of nitrogens with zero attached hydrogens (tertiary/aromatic N) is 1. The first kappa shape index (κ1) is 17.8. The summed E-state index contributed by atoms with van der Waals surface area (Å²) >= 11 is 0. The number of likely N-dealkylation sites (N-methyl/N-ethyl adjacent to an activating group) is 1. The fourth-order valence-electron chi connectivity index (χ4n) is 1.92. The van der Waals surface area contributed by atoms with Gasteiger partial charge >= 0.3 is 0 Å². The highest BCUT2D eigenvalue weighted by Gasteiger charge is 2.14. The summed E-state index contributed by atoms with van der Waals surface area (Å²) in [5.74, 6) is 0.702. The lowest BCUT2D eigenvalue weighted by atomic mass is 10.1. The third-order valence-corrected chi connectivity index (χ3v) is 3.30. The molecule has 0 spiro atoms. The van der Waals surface area contributed by atoms with E-state index in [-0.39, 0.29) is 24.9 Å². The first-order valence-corrected chi connectivity index (χ1v) is 6.85. The zero-order valence-corrected chi connectivity index (χ0v) is 13.4. The fraction of sp³-hybridized carbons (Fsp3) is 0.467. The van der Waals surface area contributed by atoms with Crippen molar-refractivity contribution in [3.8, 4) is 11.5 Å². The van der Waals surface area contributed by atoms with Crippen LogP contribution in [0.2, 0.25) is 0 Å². The van der Waals surface area contributed by atoms with Crippen LogP contribution < -0.4 is 20.5 Å². The summed E-state index contributed by atoms with van der Waals surface area (Å²) in [7, 11) is 4.81. The third-order valence-electron chi connectivity index (χ3n) is 3.30. The minimum absolute atomic E-state index is 0.0706. The number of nitrogens with one attached hydrogen (secondary N) is 1. The van der Waals surface area contributed by atoms with Gasteiger partial charge in [-0.2, -0.15) is 0 Å². The fourth-order valence-corrected chi connectivity index (χ4v) is 1.92. The number of hydrogen-bond donors (Lipinski definition) is 2. The smallest absolute Gasteiger partial charge is 0.242 e. The lowest BCUT2D eigenvalue weighted by Crippen LogP contribution is -2.40. The number of carbonyl (C=O) groups excluding carboxylic acids is 2. The van der Waals surface area contributed by atoms with E-state index in [9.17, 15) is 9.59 Å². The molecule has 0 radical (unpaired) electrons. The Bertz CT molecular complexity index is 546. The van der Waals surface area contributed by atoms with Crippen LogP contribution in [0, 0.1) is 6.92 Å². The van der Waals surface area contributed by atoms with Crippen molar-refractivity contribution in [3.05, 3.63) is 23.3 Å². The number of rotatable bonds is 7. The topological polar surface area (TPSA) is 93.9 Å². The first-order chi connectivity index (χ1) is 10.4. The summed E-state index contributed by atoms with van der Waals surface area (Å²) in [6, 6.07) is 3.71. The Balaban J connectivity index is 2.77. The van der Waals surface area contributed by atoms with Gasteiger partial charge in [-0.05, 0) is 30.2 Å². The van der Waals surface area contributed by atoms with Gasteiger partial charge in [0.05, 0.1) is 27.3 Å². The Kier molecular flexibility index (Phi) is 6.65. The quantitative estimate of drug-likeness (QED) is 0.742. The molecule has 3 N–H and O–H groups in total. The summed E-state index contributed by atoms with van der Waals surface area (Å²) < 4.78 is 10.5. The molecule has 0 fully saturated rings. The van der Waals surface area contributed by atoms with Crippen molar-refractivity contribution in [1.82, 2.24) is 10.2 Å². The number of amides is 2. The molecule has 0 aromatic heterocycles. The van der Waals surface area contributed by atoms with Crippen LogP contribution in [0.3, 0.4) is 0 Å². The molecule has 0 unspecified atom stereocenters. The minimum atomic E-state index is -0.357. The van der Waals surface area contributed by atoms with Crippen LogP contribution in [0.4, 0.5) is 0 Å². The highest BCUT2D eigenvalue weighted by Crippen LogP contribution is 2.30. The second-order valence-electron chi connectivity index (χ2n) is 4.86. The zero-order valence-electron chi connectivity index (χ0n) is 13.4. The molecule has 22 heavy (non-hydrogen) atoms. The number of ether oxygens (including phenoxy) is 2. The maximum atomic E-state index is 12.0. The SMILES string of the molecule is COc1cc(C)c(CN(C)C(=O)CNC(=O)CN)cc1OC. The normalized spacial score (nSPS) is 10.0. The van der Waals surface area contributed by atoms with Gasteiger partial charge < -0.3 is 25.4 Å². The molecule has 2 amide bonds. The third kappa shape index (κ3) is 4.63. The molecule has 0 aliphatic carbocycles. The number of methoxy groups -OCH3 is 2. The molecule has 0 aliphatic rings. The molecular weight excluding hydrogens is 286 g/mol. The number of nitrogens with two attached hydrogens (primary N) is 1. The first-order valence-electron chi connectivity index (χ1n) is 6.85. The van der Waals surface area contributed by atoms with Crippen LogP contribution in [0.25, 0.3) is 0 Å². The van der Waals surface area contributed by atoms with Gasteiger partial charge in [-0.3, -0.25) is 9.59 Å². The van der Waals surface area contributed by atoms with Crippen LogP contribution in [0.1, 0.15) is 11.1 Å². The van der Waals surface area contributed by atoms with E-state index in [0.29, 0.717) is 18.0 Å². The maximum absolute atomic E-state index is 12.0. The minimum Gasteiger partial charge on any atom is -0.493 e. The van der Waals surface area contributed by atoms with E-state index < -0.39 is 0 Å². The lowest BCUT2D eigenvalue weighted by Gasteiger charge is -2.20. The van der Waals surface area contributed by atoms with E-state index in [2.05, 4.69) is 5.32 Å². The number of hydrogen-bond acceptors (Lipinski definition) is 5. The van der Waals surface area contributed by atoms with Gasteiger partial charge in [0.25, 0.3) is 0 Å². The molecule has 0 heterocycles. The standard InChI is InChI=1S/C15H23N3O4/c1-10-5-12(21-3)13(22-4)6-11(10)9-18(2)15(20)8-17-14(19)7-16/h5-6H,7-9,16H2,1-4H3,(H,17,19). The zero-order chi connectivity index (χ0) is 16.7. The van der Waals surface area contributed by atoms with Gasteiger partial charge in [0, 0.05) is 13.6 Å². The molecule has 1 rings (SSSR count). The lowest BCUT2D eigenvalue weighted by molar-refractivity contribution is -0.131. The predicted octanol–water partition coefficient (Wildman–Crippen LogP) is 0.0455. The summed E-state index contributed by atoms with van der Waals surface area (Å²) in [5.41, 5.74) is 7.11. The molecule has 7 heteroatoms. The average molecular weight is 309 g/mol. The van der Waals surface area contributed by atoms with E-state index in [1.807, 2.05) is 19.1 Å². The van der Waals surface area contributed by atoms with Gasteiger partial charge in [-0.25, -0.2) is 0 Å². The molecule has 1 aromatic carbocycles. The van der Waals surface area contributed by atoms with Crippen molar-refractivity contribution in [2.45, 2.75) is 13.5 Å². The van der Waals surface area contributed by atoms with Crippen LogP contribution in [-0.2, 0) is 16.1 Å². The Morgan fingerprint density at radius 2 is 1.82 bits per heavy atom. The van der Waals surface area contributed by atoms with Gasteiger partial charge in [-0.15, -0.1) is 0 Å². The molecule has 0 atom stereocenters. The van der Waals surface area contributed by atoms with Gasteiger partial charge in [0.15, 0.2) is 11.5 Å². The Morgan fingerprint density at radius 1 is 1.23 bits per heavy atom. The average Bonchev–Trinajstić information content (AvgIpc) is 2.53. The monoisotopic (exact) mass is 309 g/mol. The largest absolute Gasteiger partial charge is 0.493 e. The Labute approximate surface area is 130 Å². The van der Waals surface area contributed by atoms with Crippen LogP contribution >= 0.6 is 0 Å². The highest BCUT2D eigenvalue weighted by atomic mass is 16.5. The Morgan fingerprint density at radius 3 is 2.36 bits per heavy atom. The van der Waals surface area contributed by atoms with Crippen LogP contribution in [0.5, 0.6) is 11.5 Å². The van der Waals surface area contributed by atoms with E-state index >= 15 is 0 Å². The molecule has 0 aliphatic heterocycles. The predicted molar refractivity (Wildman–Crippen MR) is 82.8 cm³/mol. The van der Waals surface area contributed by atoms with Crippen molar-refractivity contribution in [2.24, 2.45) is 5.73 Å². The van der Waals surface area contributed by atoms with Crippen molar-refractivity contribution in [1.29, 1.82) is 0 Å². The van der Waals surface area contributed by atoms with Crippen molar-refractivity contribution in [2.75, 3.05) is 34.4 Å². The highest BCUT2D eigenvalue weighted by molar-refractivity contribution is 5.85. The molecule has 0 saturated carbocycles. The second-order valence-corrected chi connectivity index (χ2v) is 4.86. The molecule has 1 aromatic rings. The summed E-state index contributed by atoms with van der Waals surface area (Å²) in [5, 5.41) is 2.45. The molecular formula is C15H23N3O4. The molecule has 0 bridgehead atoms. The number of benzene rings is 1. The summed E-state index contributed by atoms with van der Waals surface area (Å²) in [4.78, 5) is 24.6. The number of aryl methyl sites for hydroxylation is 1. The van der Waals surface area contributed by atoms with E-state index in [1.54, 1.807) is 21.3 Å². The molecule has 122 valence electrons. The van der Waals surface area contributed by atoms with Crippen molar-refractivity contribution in [3.63, 3.8) is 0 Å². The van der Waals surface area contributed by atoms with Gasteiger partial charge in [0.1, 0.15) is 0 Å². The summed E-state index contributed by atoms with van der Waals surface area (Å²) in [6.45, 7) is 2.14. The van der Waals surface area contributed by atoms with Crippen molar-refractivity contribution < 1.29 is 19.1 Å². The van der Waals surface area contributed by atoms with Gasteiger partial charge in [0.2, 0.25) is 11.8 Å². The van der Waals surface area contributed by atoms with E-state index in [1.165, 1.54) is 4.90 Å². The number of carbonyl (C=O) groups is 2. The molecule has 7 nitrogen and oxygen atoms in total. The maximum Gasteiger partial charge on any atom is 0.242 e.